The van der Waals surface area contributed by atoms with E-state index >= 15 is 0 Å². The molecule has 0 aromatic heterocycles. The first-order valence-corrected chi connectivity index (χ1v) is 5.62. The van der Waals surface area contributed by atoms with E-state index < -0.39 is 0 Å². The minimum absolute atomic E-state index is 0.127. The zero-order chi connectivity index (χ0) is 11.4. The Balaban J connectivity index is 3.21. The molecule has 15 heavy (non-hydrogen) atoms. The minimum atomic E-state index is -0.127. The molecule has 1 aromatic rings. The van der Waals surface area contributed by atoms with Crippen molar-refractivity contribution in [2.75, 3.05) is 7.11 Å². The molecule has 1 unspecified atom stereocenters. The normalized spacial score (nSPS) is 12.3. The van der Waals surface area contributed by atoms with Crippen molar-refractivity contribution in [1.82, 2.24) is 0 Å². The van der Waals surface area contributed by atoms with E-state index in [2.05, 4.69) is 22.0 Å². The molecular weight excluding hydrogens is 254 g/mol. The maximum atomic E-state index is 9.14. The van der Waals surface area contributed by atoms with Gasteiger partial charge in [-0.2, -0.15) is 5.26 Å². The molecule has 0 aliphatic carbocycles. The van der Waals surface area contributed by atoms with E-state index in [1.54, 1.807) is 7.11 Å². The first-order chi connectivity index (χ1) is 7.10. The molecule has 1 atom stereocenters. The van der Waals surface area contributed by atoms with Crippen molar-refractivity contribution in [2.45, 2.75) is 19.8 Å². The van der Waals surface area contributed by atoms with E-state index in [1.165, 1.54) is 0 Å². The second kappa shape index (κ2) is 5.18. The second-order valence-electron chi connectivity index (χ2n) is 3.74. The topological polar surface area (TPSA) is 33.0 Å². The second-order valence-corrected chi connectivity index (χ2v) is 4.65. The molecule has 0 aliphatic rings. The lowest BCUT2D eigenvalue weighted by molar-refractivity contribution is 0.403. The first kappa shape index (κ1) is 12.1. The summed E-state index contributed by atoms with van der Waals surface area (Å²) in [4.78, 5) is 0. The van der Waals surface area contributed by atoms with Gasteiger partial charge in [-0.1, -0.05) is 29.8 Å². The summed E-state index contributed by atoms with van der Waals surface area (Å²) in [5, 5.41) is 9.14. The maximum absolute atomic E-state index is 9.14. The van der Waals surface area contributed by atoms with Crippen LogP contribution >= 0.6 is 15.9 Å². The third-order valence-electron chi connectivity index (χ3n) is 2.33. The Morgan fingerprint density at radius 1 is 1.40 bits per heavy atom. The number of hydrogen-bond acceptors (Lipinski definition) is 2. The predicted molar refractivity (Wildman–Crippen MR) is 63.9 cm³/mol. The van der Waals surface area contributed by atoms with Gasteiger partial charge in [0.05, 0.1) is 19.1 Å². The highest BCUT2D eigenvalue weighted by atomic mass is 79.9. The van der Waals surface area contributed by atoms with Crippen molar-refractivity contribution in [1.29, 1.82) is 5.26 Å². The summed E-state index contributed by atoms with van der Waals surface area (Å²) in [6.45, 7) is 4.07. The zero-order valence-corrected chi connectivity index (χ0v) is 10.7. The molecule has 0 saturated carbocycles. The lowest BCUT2D eigenvalue weighted by atomic mass is 9.89. The van der Waals surface area contributed by atoms with Crippen LogP contribution in [-0.2, 0) is 0 Å². The Bertz CT molecular complexity index is 382. The van der Waals surface area contributed by atoms with Gasteiger partial charge in [0.25, 0.3) is 0 Å². The maximum Gasteiger partial charge on any atom is 0.123 e. The summed E-state index contributed by atoms with van der Waals surface area (Å²) in [7, 11) is 1.63. The Morgan fingerprint density at radius 3 is 2.53 bits per heavy atom. The molecule has 0 heterocycles. The van der Waals surface area contributed by atoms with Crippen LogP contribution in [0.15, 0.2) is 22.7 Å². The lowest BCUT2D eigenvalue weighted by Crippen LogP contribution is -2.06. The molecule has 0 bridgehead atoms. The van der Waals surface area contributed by atoms with Crippen LogP contribution in [0.3, 0.4) is 0 Å². The molecule has 3 heteroatoms. The third-order valence-corrected chi connectivity index (χ3v) is 2.83. The summed E-state index contributed by atoms with van der Waals surface area (Å²) in [6.07, 6.45) is 0. The fourth-order valence-corrected chi connectivity index (χ4v) is 1.90. The SMILES string of the molecule is COc1ccc(Br)cc1C(C#N)C(C)C. The largest absolute Gasteiger partial charge is 0.496 e. The van der Waals surface area contributed by atoms with Gasteiger partial charge in [0.2, 0.25) is 0 Å². The van der Waals surface area contributed by atoms with Gasteiger partial charge in [-0.05, 0) is 24.1 Å². The summed E-state index contributed by atoms with van der Waals surface area (Å²) in [6, 6.07) is 8.06. The number of nitrogens with zero attached hydrogens (tertiary/aromatic N) is 1. The van der Waals surface area contributed by atoms with E-state index in [0.717, 1.165) is 15.8 Å². The van der Waals surface area contributed by atoms with Crippen LogP contribution in [0.5, 0.6) is 5.75 Å². The number of hydrogen-bond donors (Lipinski definition) is 0. The lowest BCUT2D eigenvalue weighted by Gasteiger charge is -2.16. The summed E-state index contributed by atoms with van der Waals surface area (Å²) in [5.74, 6) is 0.925. The van der Waals surface area contributed by atoms with Crippen LogP contribution in [-0.4, -0.2) is 7.11 Å². The van der Waals surface area contributed by atoms with Gasteiger partial charge in [0.1, 0.15) is 5.75 Å². The molecule has 1 rings (SSSR count). The highest BCUT2D eigenvalue weighted by molar-refractivity contribution is 9.10. The van der Waals surface area contributed by atoms with Crippen LogP contribution in [0, 0.1) is 17.2 Å². The monoisotopic (exact) mass is 267 g/mol. The Labute approximate surface area is 99.0 Å². The van der Waals surface area contributed by atoms with Crippen molar-refractivity contribution >= 4 is 15.9 Å². The Hall–Kier alpha value is -1.01. The van der Waals surface area contributed by atoms with Crippen molar-refractivity contribution < 1.29 is 4.74 Å². The van der Waals surface area contributed by atoms with Crippen molar-refractivity contribution in [2.24, 2.45) is 5.92 Å². The smallest absolute Gasteiger partial charge is 0.123 e. The molecule has 0 radical (unpaired) electrons. The molecule has 0 saturated heterocycles. The number of rotatable bonds is 3. The molecule has 0 amide bonds. The molecule has 2 nitrogen and oxygen atoms in total. The van der Waals surface area contributed by atoms with Crippen molar-refractivity contribution in [3.05, 3.63) is 28.2 Å². The standard InChI is InChI=1S/C12H14BrNO/c1-8(2)11(7-14)10-6-9(13)4-5-12(10)15-3/h4-6,8,11H,1-3H3. The van der Waals surface area contributed by atoms with Crippen LogP contribution in [0.4, 0.5) is 0 Å². The fourth-order valence-electron chi connectivity index (χ4n) is 1.53. The quantitative estimate of drug-likeness (QED) is 0.836. The molecule has 80 valence electrons. The average Bonchev–Trinajstić information content (AvgIpc) is 2.18. The number of ether oxygens (including phenoxy) is 1. The van der Waals surface area contributed by atoms with Crippen molar-refractivity contribution in [3.8, 4) is 11.8 Å². The first-order valence-electron chi connectivity index (χ1n) is 4.83. The van der Waals surface area contributed by atoms with E-state index in [-0.39, 0.29) is 11.8 Å². The Morgan fingerprint density at radius 2 is 2.07 bits per heavy atom. The molecule has 1 aromatic carbocycles. The predicted octanol–water partition coefficient (Wildman–Crippen LogP) is 3.72. The number of halogens is 1. The molecule has 0 N–H and O–H groups in total. The van der Waals surface area contributed by atoms with E-state index in [1.807, 2.05) is 32.0 Å². The average molecular weight is 268 g/mol. The highest BCUT2D eigenvalue weighted by Gasteiger charge is 2.19. The number of methoxy groups -OCH3 is 1. The molecule has 0 fully saturated rings. The van der Waals surface area contributed by atoms with Gasteiger partial charge in [-0.3, -0.25) is 0 Å². The van der Waals surface area contributed by atoms with Gasteiger partial charge < -0.3 is 4.74 Å². The van der Waals surface area contributed by atoms with Crippen LogP contribution < -0.4 is 4.74 Å². The van der Waals surface area contributed by atoms with Gasteiger partial charge in [0, 0.05) is 10.0 Å². The fraction of sp³-hybridized carbons (Fsp3) is 0.417. The highest BCUT2D eigenvalue weighted by Crippen LogP contribution is 2.33. The number of benzene rings is 1. The van der Waals surface area contributed by atoms with Crippen LogP contribution in [0.1, 0.15) is 25.3 Å². The minimum Gasteiger partial charge on any atom is -0.496 e. The van der Waals surface area contributed by atoms with Gasteiger partial charge in [-0.25, -0.2) is 0 Å². The van der Waals surface area contributed by atoms with Crippen LogP contribution in [0.2, 0.25) is 0 Å². The molecular formula is C12H14BrNO. The third kappa shape index (κ3) is 2.73. The van der Waals surface area contributed by atoms with Crippen LogP contribution in [0.25, 0.3) is 0 Å². The summed E-state index contributed by atoms with van der Waals surface area (Å²) in [5.41, 5.74) is 0.948. The van der Waals surface area contributed by atoms with Gasteiger partial charge in [0.15, 0.2) is 0 Å². The summed E-state index contributed by atoms with van der Waals surface area (Å²) < 4.78 is 6.23. The van der Waals surface area contributed by atoms with E-state index in [0.29, 0.717) is 0 Å². The van der Waals surface area contributed by atoms with Crippen molar-refractivity contribution in [3.63, 3.8) is 0 Å². The van der Waals surface area contributed by atoms with Gasteiger partial charge >= 0.3 is 0 Å². The van der Waals surface area contributed by atoms with E-state index in [9.17, 15) is 0 Å². The summed E-state index contributed by atoms with van der Waals surface area (Å²) >= 11 is 3.41. The Kier molecular flexibility index (Phi) is 4.16. The number of nitriles is 1. The molecule has 0 aliphatic heterocycles. The molecule has 0 spiro atoms. The zero-order valence-electron chi connectivity index (χ0n) is 9.12. The van der Waals surface area contributed by atoms with E-state index in [4.69, 9.17) is 10.00 Å². The van der Waals surface area contributed by atoms with Gasteiger partial charge in [-0.15, -0.1) is 0 Å².